The van der Waals surface area contributed by atoms with E-state index >= 15 is 0 Å². The molecule has 1 fully saturated rings. The molecule has 0 aliphatic carbocycles. The van der Waals surface area contributed by atoms with Crippen LogP contribution in [0.3, 0.4) is 0 Å². The van der Waals surface area contributed by atoms with Crippen LogP contribution in [0, 0.1) is 0 Å². The number of rotatable bonds is 3. The van der Waals surface area contributed by atoms with Gasteiger partial charge in [-0.25, -0.2) is 0 Å². The Bertz CT molecular complexity index is 537. The minimum absolute atomic E-state index is 0.111. The molecule has 2 rings (SSSR count). The van der Waals surface area contributed by atoms with Crippen LogP contribution < -0.4 is 11.1 Å². The molecule has 0 atom stereocenters. The van der Waals surface area contributed by atoms with E-state index in [0.717, 1.165) is 0 Å². The molecule has 0 spiro atoms. The standard InChI is InChI=1S/C15H21N3O3/c1-18(2)13(19)11-4-3-5-12(10-11)17-14(20)15(16)6-8-21-9-7-15/h3-5,10H,6-9,16H2,1-2H3,(H,17,20). The van der Waals surface area contributed by atoms with Crippen LogP contribution >= 0.6 is 0 Å². The van der Waals surface area contributed by atoms with Gasteiger partial charge in [-0.1, -0.05) is 6.07 Å². The van der Waals surface area contributed by atoms with Crippen molar-refractivity contribution in [3.05, 3.63) is 29.8 Å². The highest BCUT2D eigenvalue weighted by Crippen LogP contribution is 2.20. The number of nitrogens with one attached hydrogen (secondary N) is 1. The minimum atomic E-state index is -0.903. The third-order valence-corrected chi connectivity index (χ3v) is 3.61. The summed E-state index contributed by atoms with van der Waals surface area (Å²) < 4.78 is 5.23. The highest BCUT2D eigenvalue weighted by Gasteiger charge is 2.35. The van der Waals surface area contributed by atoms with Crippen LogP contribution in [0.15, 0.2) is 24.3 Å². The lowest BCUT2D eigenvalue weighted by Gasteiger charge is -2.31. The number of hydrogen-bond donors (Lipinski definition) is 2. The van der Waals surface area contributed by atoms with Crippen LogP contribution in [-0.2, 0) is 9.53 Å². The van der Waals surface area contributed by atoms with E-state index in [9.17, 15) is 9.59 Å². The Balaban J connectivity index is 2.11. The summed E-state index contributed by atoms with van der Waals surface area (Å²) in [6.07, 6.45) is 0.990. The lowest BCUT2D eigenvalue weighted by Crippen LogP contribution is -2.54. The topological polar surface area (TPSA) is 84.7 Å². The molecular weight excluding hydrogens is 270 g/mol. The van der Waals surface area contributed by atoms with Crippen LogP contribution in [0.4, 0.5) is 5.69 Å². The van der Waals surface area contributed by atoms with E-state index in [1.807, 2.05) is 0 Å². The highest BCUT2D eigenvalue weighted by atomic mass is 16.5. The first-order valence-electron chi connectivity index (χ1n) is 6.92. The maximum absolute atomic E-state index is 12.3. The van der Waals surface area contributed by atoms with Crippen molar-refractivity contribution in [2.45, 2.75) is 18.4 Å². The smallest absolute Gasteiger partial charge is 0.253 e. The molecule has 0 radical (unpaired) electrons. The molecule has 0 aromatic heterocycles. The number of carbonyl (C=O) groups excluding carboxylic acids is 2. The van der Waals surface area contributed by atoms with Gasteiger partial charge >= 0.3 is 0 Å². The summed E-state index contributed by atoms with van der Waals surface area (Å²) in [5, 5.41) is 2.80. The molecule has 0 unspecified atom stereocenters. The second kappa shape index (κ2) is 6.24. The lowest BCUT2D eigenvalue weighted by atomic mass is 9.90. The maximum atomic E-state index is 12.3. The largest absolute Gasteiger partial charge is 0.381 e. The van der Waals surface area contributed by atoms with E-state index in [2.05, 4.69) is 5.32 Å². The minimum Gasteiger partial charge on any atom is -0.381 e. The van der Waals surface area contributed by atoms with Gasteiger partial charge in [0.05, 0.1) is 0 Å². The van der Waals surface area contributed by atoms with Crippen LogP contribution in [-0.4, -0.2) is 49.6 Å². The van der Waals surface area contributed by atoms with Crippen molar-refractivity contribution < 1.29 is 14.3 Å². The average Bonchev–Trinajstić information content (AvgIpc) is 2.47. The van der Waals surface area contributed by atoms with Gasteiger partial charge in [0.1, 0.15) is 5.54 Å². The Morgan fingerprint density at radius 3 is 2.57 bits per heavy atom. The van der Waals surface area contributed by atoms with Crippen molar-refractivity contribution in [3.63, 3.8) is 0 Å². The van der Waals surface area contributed by atoms with Crippen molar-refractivity contribution in [2.75, 3.05) is 32.6 Å². The summed E-state index contributed by atoms with van der Waals surface area (Å²) in [6.45, 7) is 0.978. The number of anilines is 1. The summed E-state index contributed by atoms with van der Waals surface area (Å²) in [5.74, 6) is -0.347. The van der Waals surface area contributed by atoms with E-state index in [1.54, 1.807) is 38.4 Å². The van der Waals surface area contributed by atoms with Crippen molar-refractivity contribution in [2.24, 2.45) is 5.73 Å². The number of nitrogens with two attached hydrogens (primary N) is 1. The van der Waals surface area contributed by atoms with Gasteiger partial charge in [0.25, 0.3) is 5.91 Å². The molecule has 1 aromatic rings. The van der Waals surface area contributed by atoms with E-state index in [0.29, 0.717) is 37.3 Å². The molecule has 6 heteroatoms. The number of amides is 2. The fourth-order valence-electron chi connectivity index (χ4n) is 2.21. The number of ether oxygens (including phenoxy) is 1. The maximum Gasteiger partial charge on any atom is 0.253 e. The number of nitrogens with zero attached hydrogens (tertiary/aromatic N) is 1. The summed E-state index contributed by atoms with van der Waals surface area (Å²) in [7, 11) is 3.37. The quantitative estimate of drug-likeness (QED) is 0.864. The van der Waals surface area contributed by atoms with Gasteiger partial charge in [-0.3, -0.25) is 9.59 Å². The van der Waals surface area contributed by atoms with E-state index in [1.165, 1.54) is 4.90 Å². The first-order chi connectivity index (χ1) is 9.92. The van der Waals surface area contributed by atoms with Crippen molar-refractivity contribution in [1.82, 2.24) is 4.90 Å². The molecule has 114 valence electrons. The Kier molecular flexibility index (Phi) is 4.59. The normalized spacial score (nSPS) is 17.1. The van der Waals surface area contributed by atoms with Crippen LogP contribution in [0.5, 0.6) is 0 Å². The van der Waals surface area contributed by atoms with Crippen molar-refractivity contribution in [1.29, 1.82) is 0 Å². The zero-order chi connectivity index (χ0) is 15.5. The van der Waals surface area contributed by atoms with Gasteiger partial charge in [0.15, 0.2) is 0 Å². The summed E-state index contributed by atoms with van der Waals surface area (Å²) in [5.41, 5.74) is 6.32. The first-order valence-corrected chi connectivity index (χ1v) is 6.92. The van der Waals surface area contributed by atoms with Gasteiger partial charge in [0, 0.05) is 38.6 Å². The second-order valence-corrected chi connectivity index (χ2v) is 5.50. The fourth-order valence-corrected chi connectivity index (χ4v) is 2.21. The predicted molar refractivity (Wildman–Crippen MR) is 80.1 cm³/mol. The Morgan fingerprint density at radius 1 is 1.29 bits per heavy atom. The Morgan fingerprint density at radius 2 is 1.95 bits per heavy atom. The monoisotopic (exact) mass is 291 g/mol. The summed E-state index contributed by atoms with van der Waals surface area (Å²) in [4.78, 5) is 25.7. The molecule has 1 heterocycles. The molecule has 3 N–H and O–H groups in total. The average molecular weight is 291 g/mol. The second-order valence-electron chi connectivity index (χ2n) is 5.50. The Labute approximate surface area is 124 Å². The van der Waals surface area contributed by atoms with Crippen LogP contribution in [0.25, 0.3) is 0 Å². The number of benzene rings is 1. The molecule has 6 nitrogen and oxygen atoms in total. The predicted octanol–water partition coefficient (Wildman–Crippen LogP) is 0.835. The van der Waals surface area contributed by atoms with Crippen molar-refractivity contribution in [3.8, 4) is 0 Å². The molecular formula is C15H21N3O3. The molecule has 1 saturated heterocycles. The van der Waals surface area contributed by atoms with Gasteiger partial charge in [-0.2, -0.15) is 0 Å². The SMILES string of the molecule is CN(C)C(=O)c1cccc(NC(=O)C2(N)CCOCC2)c1. The van der Waals surface area contributed by atoms with E-state index < -0.39 is 5.54 Å². The van der Waals surface area contributed by atoms with Gasteiger partial charge in [-0.15, -0.1) is 0 Å². The van der Waals surface area contributed by atoms with E-state index in [-0.39, 0.29) is 11.8 Å². The number of hydrogen-bond acceptors (Lipinski definition) is 4. The van der Waals surface area contributed by atoms with Crippen LogP contribution in [0.2, 0.25) is 0 Å². The summed E-state index contributed by atoms with van der Waals surface area (Å²) >= 11 is 0. The lowest BCUT2D eigenvalue weighted by molar-refractivity contribution is -0.124. The zero-order valence-electron chi connectivity index (χ0n) is 12.4. The molecule has 1 aromatic carbocycles. The van der Waals surface area contributed by atoms with Gasteiger partial charge < -0.3 is 20.7 Å². The van der Waals surface area contributed by atoms with Gasteiger partial charge in [-0.05, 0) is 31.0 Å². The Hall–Kier alpha value is -1.92. The highest BCUT2D eigenvalue weighted by molar-refractivity contribution is 6.00. The molecule has 1 aliphatic rings. The number of carbonyl (C=O) groups is 2. The molecule has 0 bridgehead atoms. The fraction of sp³-hybridized carbons (Fsp3) is 0.467. The third-order valence-electron chi connectivity index (χ3n) is 3.61. The third kappa shape index (κ3) is 3.59. The zero-order valence-corrected chi connectivity index (χ0v) is 12.4. The first kappa shape index (κ1) is 15.5. The molecule has 2 amide bonds. The van der Waals surface area contributed by atoms with E-state index in [4.69, 9.17) is 10.5 Å². The van der Waals surface area contributed by atoms with Gasteiger partial charge in [0.2, 0.25) is 5.91 Å². The molecule has 0 saturated carbocycles. The van der Waals surface area contributed by atoms with Crippen molar-refractivity contribution >= 4 is 17.5 Å². The summed E-state index contributed by atoms with van der Waals surface area (Å²) in [6, 6.07) is 6.85. The molecule has 1 aliphatic heterocycles. The van der Waals surface area contributed by atoms with Crippen LogP contribution in [0.1, 0.15) is 23.2 Å². The molecule has 21 heavy (non-hydrogen) atoms.